The zero-order valence-electron chi connectivity index (χ0n) is 27.7. The molecule has 46 heavy (non-hydrogen) atoms. The average Bonchev–Trinajstić information content (AvgIpc) is 3.71. The molecular weight excluding hydrogens is 580 g/mol. The molecule has 0 radical (unpaired) electrons. The number of methoxy groups -OCH3 is 1. The normalized spacial score (nSPS) is 18.5. The number of aromatic amines is 2. The summed E-state index contributed by atoms with van der Waals surface area (Å²) in [6, 6.07) is 6.13. The molecule has 10 nitrogen and oxygen atoms in total. The van der Waals surface area contributed by atoms with Crippen molar-refractivity contribution in [2.45, 2.75) is 79.1 Å². The van der Waals surface area contributed by atoms with Crippen LogP contribution in [0.25, 0.3) is 33.3 Å². The highest BCUT2D eigenvalue weighted by Gasteiger charge is 2.40. The number of ether oxygens (including phenoxy) is 1. The molecule has 0 saturated heterocycles. The van der Waals surface area contributed by atoms with E-state index in [2.05, 4.69) is 56.7 Å². The number of carbonyl (C=O) groups is 3. The van der Waals surface area contributed by atoms with Crippen molar-refractivity contribution in [2.24, 2.45) is 5.73 Å². The summed E-state index contributed by atoms with van der Waals surface area (Å²) in [5, 5.41) is 0. The summed E-state index contributed by atoms with van der Waals surface area (Å²) in [5.41, 5.74) is 18.2. The number of nitrogens with one attached hydrogen (secondary N) is 2. The van der Waals surface area contributed by atoms with Crippen molar-refractivity contribution in [2.75, 3.05) is 20.2 Å². The lowest BCUT2D eigenvalue weighted by molar-refractivity contribution is -0.140. The second-order valence-electron chi connectivity index (χ2n) is 12.5. The molecule has 4 aliphatic rings. The van der Waals surface area contributed by atoms with E-state index in [1.165, 1.54) is 17.6 Å². The van der Waals surface area contributed by atoms with Crippen LogP contribution in [0.1, 0.15) is 133 Å². The van der Waals surface area contributed by atoms with Gasteiger partial charge in [-0.05, 0) is 86.1 Å². The monoisotopic (exact) mass is 622 g/mol. The Morgan fingerprint density at radius 2 is 1.52 bits per heavy atom. The Labute approximate surface area is 268 Å². The van der Waals surface area contributed by atoms with Gasteiger partial charge in [0.15, 0.2) is 0 Å². The maximum Gasteiger partial charge on any atom is 0.305 e. The van der Waals surface area contributed by atoms with E-state index in [1.54, 1.807) is 0 Å². The fraction of sp³-hybridized carbons (Fsp3) is 0.417. The number of fused-ring (bicyclic) bond motifs is 8. The van der Waals surface area contributed by atoms with Crippen LogP contribution in [-0.4, -0.2) is 62.8 Å². The predicted octanol–water partition coefficient (Wildman–Crippen LogP) is 6.42. The summed E-state index contributed by atoms with van der Waals surface area (Å²) in [6.45, 7) is 12.6. The molecule has 2 aromatic rings. The highest BCUT2D eigenvalue weighted by atomic mass is 16.5. The molecule has 2 amide bonds. The molecule has 4 aliphatic heterocycles. The van der Waals surface area contributed by atoms with Crippen LogP contribution in [0.3, 0.4) is 0 Å². The number of nitrogens with two attached hydrogens (primary N) is 1. The van der Waals surface area contributed by atoms with E-state index in [-0.39, 0.29) is 43.2 Å². The molecule has 0 spiro atoms. The maximum absolute atomic E-state index is 14.3. The van der Waals surface area contributed by atoms with Crippen molar-refractivity contribution in [3.8, 4) is 0 Å². The van der Waals surface area contributed by atoms with Gasteiger partial charge in [-0.1, -0.05) is 20.8 Å². The van der Waals surface area contributed by atoms with E-state index in [0.29, 0.717) is 28.8 Å². The highest BCUT2D eigenvalue weighted by Crippen LogP contribution is 2.44. The third kappa shape index (κ3) is 4.86. The molecule has 0 aromatic carbocycles. The molecule has 10 heteroatoms. The standard InChI is InChI=1S/C36H42N6O4/c1-8-21-17(3)24-14-26-19(5)23(10-11-30(43)46-7)33(40-26)32-34-31(35(44)42(13-12-37)36(32)45)20(6)27(41-34)16-29-22(9-2)18(4)25(39-29)15-28(21)38-24/h14-16,19,23,40-41H,8-13,37H2,1-7H3. The molecule has 6 rings (SSSR count). The maximum atomic E-state index is 14.3. The number of hydrogen-bond acceptors (Lipinski definition) is 7. The fourth-order valence-corrected chi connectivity index (χ4v) is 7.36. The van der Waals surface area contributed by atoms with E-state index in [0.717, 1.165) is 69.1 Å². The van der Waals surface area contributed by atoms with Gasteiger partial charge < -0.3 is 20.4 Å². The number of carbonyl (C=O) groups excluding carboxylic acids is 3. The van der Waals surface area contributed by atoms with E-state index in [9.17, 15) is 14.4 Å². The van der Waals surface area contributed by atoms with Crippen LogP contribution in [0.2, 0.25) is 0 Å². The van der Waals surface area contributed by atoms with Gasteiger partial charge in [-0.3, -0.25) is 19.3 Å². The lowest BCUT2D eigenvalue weighted by atomic mass is 9.84. The largest absolute Gasteiger partial charge is 0.469 e. The van der Waals surface area contributed by atoms with E-state index >= 15 is 0 Å². The first-order valence-electron chi connectivity index (χ1n) is 16.1. The highest BCUT2D eigenvalue weighted by molar-refractivity contribution is 6.23. The van der Waals surface area contributed by atoms with Gasteiger partial charge in [-0.25, -0.2) is 9.97 Å². The molecule has 6 heterocycles. The molecule has 8 bridgehead atoms. The number of allylic oxidation sites excluding steroid dienone is 4. The van der Waals surface area contributed by atoms with Crippen LogP contribution in [0.4, 0.5) is 0 Å². The van der Waals surface area contributed by atoms with Gasteiger partial charge in [-0.2, -0.15) is 0 Å². The summed E-state index contributed by atoms with van der Waals surface area (Å²) < 4.78 is 4.98. The van der Waals surface area contributed by atoms with Crippen LogP contribution < -0.4 is 5.73 Å². The lowest BCUT2D eigenvalue weighted by Crippen LogP contribution is -2.43. The number of H-pyrrole nitrogens is 2. The van der Waals surface area contributed by atoms with Crippen LogP contribution in [-0.2, 0) is 9.53 Å². The van der Waals surface area contributed by atoms with E-state index in [4.69, 9.17) is 20.4 Å². The Morgan fingerprint density at radius 1 is 0.913 bits per heavy atom. The Bertz CT molecular complexity index is 1940. The number of amides is 2. The topological polar surface area (TPSA) is 147 Å². The number of hydrogen-bond donors (Lipinski definition) is 3. The Morgan fingerprint density at radius 3 is 2.13 bits per heavy atom. The van der Waals surface area contributed by atoms with Crippen LogP contribution in [0.5, 0.6) is 0 Å². The van der Waals surface area contributed by atoms with E-state index < -0.39 is 5.91 Å². The number of nitrogens with zero attached hydrogens (tertiary/aromatic N) is 3. The Kier molecular flexibility index (Phi) is 8.18. The van der Waals surface area contributed by atoms with Gasteiger partial charge in [0.1, 0.15) is 0 Å². The molecule has 2 aromatic heterocycles. The van der Waals surface area contributed by atoms with E-state index in [1.807, 2.05) is 13.0 Å². The summed E-state index contributed by atoms with van der Waals surface area (Å²) in [6.07, 6.45) is 2.24. The summed E-state index contributed by atoms with van der Waals surface area (Å²) in [7, 11) is 1.38. The first kappa shape index (κ1) is 31.4. The summed E-state index contributed by atoms with van der Waals surface area (Å²) >= 11 is 0. The first-order valence-corrected chi connectivity index (χ1v) is 16.1. The van der Waals surface area contributed by atoms with Crippen LogP contribution in [0.15, 0.2) is 18.2 Å². The number of aryl methyl sites for hydroxylation is 1. The minimum atomic E-state index is -0.414. The smallest absolute Gasteiger partial charge is 0.305 e. The van der Waals surface area contributed by atoms with Crippen molar-refractivity contribution in [3.63, 3.8) is 0 Å². The molecular formula is C36H42N6O4. The van der Waals surface area contributed by atoms with Gasteiger partial charge in [0.2, 0.25) is 0 Å². The summed E-state index contributed by atoms with van der Waals surface area (Å²) in [5.74, 6) is -1.41. The SMILES string of the molecule is CCC1=C(C)c2cc3[nH]c(c4c5[nH]c(cc6nc(cc1n2)C(C)=C6CC)c(C)c5C(=O)N(CCN)C4=O)C(CCC(=O)OC)C3C. The first-order chi connectivity index (χ1) is 22.0. The quantitative estimate of drug-likeness (QED) is 0.238. The third-order valence-electron chi connectivity index (χ3n) is 10.0. The lowest BCUT2D eigenvalue weighted by Gasteiger charge is -2.27. The van der Waals surface area contributed by atoms with Gasteiger partial charge >= 0.3 is 5.97 Å². The van der Waals surface area contributed by atoms with Crippen molar-refractivity contribution >= 4 is 51.1 Å². The molecule has 4 N–H and O–H groups in total. The molecule has 240 valence electrons. The van der Waals surface area contributed by atoms with Crippen molar-refractivity contribution in [3.05, 3.63) is 69.1 Å². The number of rotatable bonds is 7. The minimum Gasteiger partial charge on any atom is -0.469 e. The Balaban J connectivity index is 1.78. The molecule has 2 unspecified atom stereocenters. The minimum absolute atomic E-state index is 0.0800. The third-order valence-corrected chi connectivity index (χ3v) is 10.0. The van der Waals surface area contributed by atoms with Crippen molar-refractivity contribution < 1.29 is 19.1 Å². The van der Waals surface area contributed by atoms with Crippen LogP contribution in [0, 0.1) is 6.92 Å². The molecule has 0 saturated carbocycles. The Hall–Kier alpha value is -4.57. The van der Waals surface area contributed by atoms with Gasteiger partial charge in [-0.15, -0.1) is 0 Å². The molecule has 0 fully saturated rings. The predicted molar refractivity (Wildman–Crippen MR) is 179 cm³/mol. The second-order valence-corrected chi connectivity index (χ2v) is 12.5. The molecule has 0 aliphatic carbocycles. The number of aromatic nitrogens is 4. The average molecular weight is 623 g/mol. The van der Waals surface area contributed by atoms with Gasteiger partial charge in [0.05, 0.1) is 46.5 Å². The zero-order valence-corrected chi connectivity index (χ0v) is 27.7. The van der Waals surface area contributed by atoms with Gasteiger partial charge in [0.25, 0.3) is 11.8 Å². The van der Waals surface area contributed by atoms with Crippen LogP contribution >= 0.6 is 0 Å². The second kappa shape index (κ2) is 12.0. The zero-order chi connectivity index (χ0) is 33.0. The fourth-order valence-electron chi connectivity index (χ4n) is 7.36. The molecule has 2 atom stereocenters. The summed E-state index contributed by atoms with van der Waals surface area (Å²) in [4.78, 5) is 59.0. The number of imide groups is 1. The van der Waals surface area contributed by atoms with Crippen molar-refractivity contribution in [1.29, 1.82) is 0 Å². The van der Waals surface area contributed by atoms with Gasteiger partial charge in [0, 0.05) is 48.3 Å². The van der Waals surface area contributed by atoms with Crippen molar-refractivity contribution in [1.82, 2.24) is 24.8 Å². The number of esters is 1.